The number of hydrogen-bond acceptors (Lipinski definition) is 6. The number of hydrogen-bond donors (Lipinski definition) is 0. The van der Waals surface area contributed by atoms with Crippen LogP contribution in [-0.2, 0) is 28.6 Å². The summed E-state index contributed by atoms with van der Waals surface area (Å²) in [5.74, 6) is -0.902. The van der Waals surface area contributed by atoms with Gasteiger partial charge in [0.25, 0.3) is 0 Å². The van der Waals surface area contributed by atoms with Crippen LogP contribution in [0, 0.1) is 0 Å². The Kier molecular flexibility index (Phi) is 52.3. The predicted octanol–water partition coefficient (Wildman–Crippen LogP) is 18.9. The fraction of sp³-hybridized carbons (Fsp3) is 0.847. The van der Waals surface area contributed by atoms with E-state index in [1.807, 2.05) is 0 Å². The van der Waals surface area contributed by atoms with Gasteiger partial charge in [-0.1, -0.05) is 263 Å². The van der Waals surface area contributed by atoms with Crippen molar-refractivity contribution in [2.24, 2.45) is 0 Å². The summed E-state index contributed by atoms with van der Waals surface area (Å²) in [6.07, 6.45) is 64.2. The van der Waals surface area contributed by atoms with Gasteiger partial charge in [0.1, 0.15) is 13.2 Å². The van der Waals surface area contributed by atoms with Gasteiger partial charge in [0, 0.05) is 19.3 Å². The standard InChI is InChI=1S/C59H108O6/c1-4-7-10-13-16-19-22-25-27-28-29-30-32-35-37-40-43-46-49-52-58(61)64-55-56(65-59(62)53-50-47-44-41-38-33-24-21-18-15-12-9-6-3)54-63-57(60)51-48-45-42-39-36-34-31-26-23-20-17-14-11-8-5-2/h17,20,26,31,36,39,56H,4-16,18-19,21-25,27-30,32-35,37-38,40-55H2,1-3H3/b20-17-,31-26-,39-36-/t56-/m1/s1. The largest absolute Gasteiger partial charge is 0.462 e. The third-order valence-corrected chi connectivity index (χ3v) is 12.6. The lowest BCUT2D eigenvalue weighted by Gasteiger charge is -2.18. The molecule has 0 rings (SSSR count). The first-order chi connectivity index (χ1) is 32.0. The second-order valence-corrected chi connectivity index (χ2v) is 19.2. The van der Waals surface area contributed by atoms with Crippen LogP contribution >= 0.6 is 0 Å². The Morgan fingerprint density at radius 3 is 0.892 bits per heavy atom. The van der Waals surface area contributed by atoms with E-state index >= 15 is 0 Å². The number of rotatable bonds is 52. The molecule has 6 nitrogen and oxygen atoms in total. The average Bonchev–Trinajstić information content (AvgIpc) is 3.30. The molecule has 0 N–H and O–H groups in total. The molecule has 6 heteroatoms. The first-order valence-electron chi connectivity index (χ1n) is 28.5. The molecule has 1 atom stereocenters. The SMILES string of the molecule is CCCCC/C=C\C/C=C\C/C=C\CCCCC(=O)OC[C@H](COC(=O)CCCCCCCCCCCCCCCCCCCCC)OC(=O)CCCCCCCCCCCCCCC. The first-order valence-corrected chi connectivity index (χ1v) is 28.5. The smallest absolute Gasteiger partial charge is 0.306 e. The highest BCUT2D eigenvalue weighted by Crippen LogP contribution is 2.17. The van der Waals surface area contributed by atoms with E-state index in [-0.39, 0.29) is 31.1 Å². The summed E-state index contributed by atoms with van der Waals surface area (Å²) < 4.78 is 16.8. The summed E-state index contributed by atoms with van der Waals surface area (Å²) in [7, 11) is 0. The molecule has 0 saturated carbocycles. The van der Waals surface area contributed by atoms with Gasteiger partial charge in [-0.15, -0.1) is 0 Å². The van der Waals surface area contributed by atoms with Gasteiger partial charge in [0.15, 0.2) is 6.10 Å². The molecule has 0 aromatic rings. The maximum absolute atomic E-state index is 12.8. The van der Waals surface area contributed by atoms with Gasteiger partial charge < -0.3 is 14.2 Å². The Morgan fingerprint density at radius 2 is 0.554 bits per heavy atom. The van der Waals surface area contributed by atoms with Crippen LogP contribution in [0.1, 0.15) is 303 Å². The molecule has 0 unspecified atom stereocenters. The molecule has 0 fully saturated rings. The summed E-state index contributed by atoms with van der Waals surface area (Å²) in [6, 6.07) is 0. The van der Waals surface area contributed by atoms with E-state index in [1.165, 1.54) is 193 Å². The van der Waals surface area contributed by atoms with Crippen LogP contribution < -0.4 is 0 Å². The Morgan fingerprint density at radius 1 is 0.308 bits per heavy atom. The number of carbonyl (C=O) groups excluding carboxylic acids is 3. The molecular weight excluding hydrogens is 805 g/mol. The molecular formula is C59H108O6. The van der Waals surface area contributed by atoms with Gasteiger partial charge >= 0.3 is 17.9 Å². The third-order valence-electron chi connectivity index (χ3n) is 12.6. The fourth-order valence-electron chi connectivity index (χ4n) is 8.33. The van der Waals surface area contributed by atoms with Crippen molar-refractivity contribution in [3.63, 3.8) is 0 Å². The van der Waals surface area contributed by atoms with Crippen LogP contribution in [0.5, 0.6) is 0 Å². The quantitative estimate of drug-likeness (QED) is 0.0262. The van der Waals surface area contributed by atoms with E-state index < -0.39 is 6.10 Å². The lowest BCUT2D eigenvalue weighted by atomic mass is 10.0. The molecule has 380 valence electrons. The molecule has 0 radical (unpaired) electrons. The minimum atomic E-state index is -0.782. The normalized spacial score (nSPS) is 12.2. The fourth-order valence-corrected chi connectivity index (χ4v) is 8.33. The summed E-state index contributed by atoms with van der Waals surface area (Å²) in [4.78, 5) is 38.1. The Hall–Kier alpha value is -2.37. The lowest BCUT2D eigenvalue weighted by Crippen LogP contribution is -2.30. The van der Waals surface area contributed by atoms with Gasteiger partial charge in [-0.05, 0) is 57.8 Å². The van der Waals surface area contributed by atoms with Crippen LogP contribution in [0.2, 0.25) is 0 Å². The molecule has 0 aliphatic heterocycles. The van der Waals surface area contributed by atoms with Crippen LogP contribution in [0.15, 0.2) is 36.5 Å². The molecule has 0 heterocycles. The van der Waals surface area contributed by atoms with Crippen LogP contribution in [0.3, 0.4) is 0 Å². The third kappa shape index (κ3) is 52.5. The van der Waals surface area contributed by atoms with E-state index in [0.717, 1.165) is 70.6 Å². The minimum Gasteiger partial charge on any atom is -0.462 e. The van der Waals surface area contributed by atoms with Crippen LogP contribution in [0.25, 0.3) is 0 Å². The number of ether oxygens (including phenoxy) is 3. The maximum atomic E-state index is 12.8. The maximum Gasteiger partial charge on any atom is 0.306 e. The van der Waals surface area contributed by atoms with Crippen LogP contribution in [0.4, 0.5) is 0 Å². The van der Waals surface area contributed by atoms with E-state index in [2.05, 4.69) is 57.2 Å². The van der Waals surface area contributed by atoms with Crippen molar-refractivity contribution in [2.75, 3.05) is 13.2 Å². The average molecular weight is 914 g/mol. The Bertz CT molecular complexity index is 1090. The molecule has 65 heavy (non-hydrogen) atoms. The van der Waals surface area contributed by atoms with Crippen molar-refractivity contribution in [3.8, 4) is 0 Å². The molecule has 0 aromatic carbocycles. The van der Waals surface area contributed by atoms with E-state index in [1.54, 1.807) is 0 Å². The van der Waals surface area contributed by atoms with E-state index in [0.29, 0.717) is 19.3 Å². The summed E-state index contributed by atoms with van der Waals surface area (Å²) in [5, 5.41) is 0. The zero-order valence-corrected chi connectivity index (χ0v) is 43.5. The van der Waals surface area contributed by atoms with Gasteiger partial charge in [-0.3, -0.25) is 14.4 Å². The molecule has 0 aliphatic carbocycles. The number of carbonyl (C=O) groups is 3. The summed E-state index contributed by atoms with van der Waals surface area (Å²) >= 11 is 0. The van der Waals surface area contributed by atoms with Crippen LogP contribution in [-0.4, -0.2) is 37.2 Å². The first kappa shape index (κ1) is 62.6. The number of esters is 3. The van der Waals surface area contributed by atoms with Crippen molar-refractivity contribution >= 4 is 17.9 Å². The van der Waals surface area contributed by atoms with Crippen molar-refractivity contribution < 1.29 is 28.6 Å². The van der Waals surface area contributed by atoms with Gasteiger partial charge in [-0.25, -0.2) is 0 Å². The summed E-state index contributed by atoms with van der Waals surface area (Å²) in [5.41, 5.74) is 0. The second kappa shape index (κ2) is 54.2. The van der Waals surface area contributed by atoms with E-state index in [9.17, 15) is 14.4 Å². The van der Waals surface area contributed by atoms with Crippen molar-refractivity contribution in [1.82, 2.24) is 0 Å². The summed E-state index contributed by atoms with van der Waals surface area (Å²) in [6.45, 7) is 6.62. The number of unbranched alkanes of at least 4 members (excludes halogenated alkanes) is 35. The highest BCUT2D eigenvalue weighted by atomic mass is 16.6. The predicted molar refractivity (Wildman–Crippen MR) is 279 cm³/mol. The molecule has 0 aliphatic rings. The molecule has 0 bridgehead atoms. The zero-order valence-electron chi connectivity index (χ0n) is 43.5. The highest BCUT2D eigenvalue weighted by Gasteiger charge is 2.19. The molecule has 0 saturated heterocycles. The van der Waals surface area contributed by atoms with Gasteiger partial charge in [0.2, 0.25) is 0 Å². The topological polar surface area (TPSA) is 78.9 Å². The number of allylic oxidation sites excluding steroid dienone is 6. The lowest BCUT2D eigenvalue weighted by molar-refractivity contribution is -0.167. The van der Waals surface area contributed by atoms with Gasteiger partial charge in [-0.2, -0.15) is 0 Å². The Labute approximate surface area is 404 Å². The highest BCUT2D eigenvalue weighted by molar-refractivity contribution is 5.71. The van der Waals surface area contributed by atoms with Crippen molar-refractivity contribution in [2.45, 2.75) is 309 Å². The molecule has 0 amide bonds. The van der Waals surface area contributed by atoms with Gasteiger partial charge in [0.05, 0.1) is 0 Å². The van der Waals surface area contributed by atoms with E-state index in [4.69, 9.17) is 14.2 Å². The second-order valence-electron chi connectivity index (χ2n) is 19.2. The zero-order chi connectivity index (χ0) is 47.2. The molecule has 0 aromatic heterocycles. The molecule has 0 spiro atoms. The minimum absolute atomic E-state index is 0.0793. The van der Waals surface area contributed by atoms with Crippen molar-refractivity contribution in [3.05, 3.63) is 36.5 Å². The monoisotopic (exact) mass is 913 g/mol. The Balaban J connectivity index is 4.34. The van der Waals surface area contributed by atoms with Crippen molar-refractivity contribution in [1.29, 1.82) is 0 Å².